The number of primary amides is 1. The number of ether oxygens (including phenoxy) is 4. The van der Waals surface area contributed by atoms with Gasteiger partial charge in [0.2, 0.25) is 11.7 Å². The van der Waals surface area contributed by atoms with Crippen molar-refractivity contribution >= 4 is 45.9 Å². The van der Waals surface area contributed by atoms with Gasteiger partial charge in [-0.05, 0) is 31.5 Å². The van der Waals surface area contributed by atoms with Gasteiger partial charge in [-0.15, -0.1) is 28.1 Å². The van der Waals surface area contributed by atoms with Crippen LogP contribution in [-0.2, 0) is 16.1 Å². The molecule has 208 valence electrons. The fourth-order valence-electron chi connectivity index (χ4n) is 3.69. The minimum atomic E-state index is -0.699. The van der Waals surface area contributed by atoms with E-state index in [9.17, 15) is 14.4 Å². The van der Waals surface area contributed by atoms with Gasteiger partial charge >= 0.3 is 5.97 Å². The molecule has 3 N–H and O–H groups in total. The minimum absolute atomic E-state index is 0.0599. The largest absolute Gasteiger partial charge is 0.493 e. The summed E-state index contributed by atoms with van der Waals surface area (Å²) in [7, 11) is 4.55. The number of benzene rings is 1. The lowest BCUT2D eigenvalue weighted by molar-refractivity contribution is -0.113. The van der Waals surface area contributed by atoms with E-state index in [1.165, 1.54) is 21.3 Å². The van der Waals surface area contributed by atoms with E-state index < -0.39 is 17.8 Å². The average Bonchev–Trinajstić information content (AvgIpc) is 3.47. The zero-order valence-electron chi connectivity index (χ0n) is 22.2. The molecule has 14 heteroatoms. The second-order valence-corrected chi connectivity index (χ2v) is 9.76. The Balaban J connectivity index is 1.86. The Kier molecular flexibility index (Phi) is 9.95. The van der Waals surface area contributed by atoms with E-state index in [0.29, 0.717) is 45.9 Å². The van der Waals surface area contributed by atoms with Crippen LogP contribution in [0.5, 0.6) is 17.2 Å². The van der Waals surface area contributed by atoms with Crippen LogP contribution in [0, 0.1) is 6.92 Å². The number of hydrogen-bond acceptors (Lipinski definition) is 11. The maximum absolute atomic E-state index is 12.9. The number of esters is 1. The first kappa shape index (κ1) is 29.5. The van der Waals surface area contributed by atoms with Crippen molar-refractivity contribution in [1.82, 2.24) is 14.8 Å². The van der Waals surface area contributed by atoms with Crippen molar-refractivity contribution in [3.05, 3.63) is 40.8 Å². The highest BCUT2D eigenvalue weighted by Gasteiger charge is 2.26. The predicted molar refractivity (Wildman–Crippen MR) is 148 cm³/mol. The van der Waals surface area contributed by atoms with Crippen LogP contribution in [0.4, 0.5) is 5.00 Å². The van der Waals surface area contributed by atoms with Crippen LogP contribution in [0.2, 0.25) is 0 Å². The quantitative estimate of drug-likeness (QED) is 0.175. The summed E-state index contributed by atoms with van der Waals surface area (Å²) in [6, 6.07) is 3.50. The molecule has 0 unspecified atom stereocenters. The molecule has 3 rings (SSSR count). The first-order valence-electron chi connectivity index (χ1n) is 11.6. The van der Waals surface area contributed by atoms with Gasteiger partial charge in [-0.2, -0.15) is 0 Å². The molecule has 0 spiro atoms. The third-order valence-corrected chi connectivity index (χ3v) is 7.58. The molecule has 39 heavy (non-hydrogen) atoms. The van der Waals surface area contributed by atoms with Crippen molar-refractivity contribution in [2.75, 3.05) is 39.0 Å². The summed E-state index contributed by atoms with van der Waals surface area (Å²) >= 11 is 2.06. The second kappa shape index (κ2) is 13.2. The summed E-state index contributed by atoms with van der Waals surface area (Å²) < 4.78 is 23.2. The Morgan fingerprint density at radius 3 is 2.36 bits per heavy atom. The maximum atomic E-state index is 12.9. The van der Waals surface area contributed by atoms with Crippen LogP contribution in [0.25, 0.3) is 11.4 Å². The van der Waals surface area contributed by atoms with E-state index in [2.05, 4.69) is 22.1 Å². The summed E-state index contributed by atoms with van der Waals surface area (Å²) in [5.74, 6) is 0.00916. The summed E-state index contributed by atoms with van der Waals surface area (Å²) in [6.45, 7) is 7.55. The Labute approximate surface area is 233 Å². The van der Waals surface area contributed by atoms with Gasteiger partial charge in [0.15, 0.2) is 22.5 Å². The highest BCUT2D eigenvalue weighted by Crippen LogP contribution is 2.41. The summed E-state index contributed by atoms with van der Waals surface area (Å²) in [6.07, 6.45) is 1.68. The number of methoxy groups -OCH3 is 3. The molecule has 1 aromatic carbocycles. The topological polar surface area (TPSA) is 157 Å². The van der Waals surface area contributed by atoms with Gasteiger partial charge in [-0.1, -0.05) is 17.8 Å². The van der Waals surface area contributed by atoms with Crippen molar-refractivity contribution < 1.29 is 33.3 Å². The first-order valence-corrected chi connectivity index (χ1v) is 13.4. The smallest absolute Gasteiger partial charge is 0.341 e. The molecule has 2 aromatic heterocycles. The molecule has 0 aliphatic carbocycles. The summed E-state index contributed by atoms with van der Waals surface area (Å²) in [4.78, 5) is 37.3. The molecular weight excluding hydrogens is 546 g/mol. The molecule has 0 atom stereocenters. The van der Waals surface area contributed by atoms with Crippen LogP contribution in [0.3, 0.4) is 0 Å². The number of rotatable bonds is 13. The molecule has 0 radical (unpaired) electrons. The summed E-state index contributed by atoms with van der Waals surface area (Å²) in [5.41, 5.74) is 6.55. The molecule has 0 fully saturated rings. The third kappa shape index (κ3) is 6.34. The molecule has 2 amide bonds. The van der Waals surface area contributed by atoms with E-state index >= 15 is 0 Å². The fourth-order valence-corrected chi connectivity index (χ4v) is 5.50. The van der Waals surface area contributed by atoms with Gasteiger partial charge < -0.3 is 30.0 Å². The van der Waals surface area contributed by atoms with Crippen molar-refractivity contribution in [3.63, 3.8) is 0 Å². The van der Waals surface area contributed by atoms with Crippen LogP contribution < -0.4 is 25.3 Å². The second-order valence-electron chi connectivity index (χ2n) is 7.80. The maximum Gasteiger partial charge on any atom is 0.341 e. The number of amides is 2. The van der Waals surface area contributed by atoms with Gasteiger partial charge in [0.25, 0.3) is 5.91 Å². The molecule has 0 aliphatic rings. The number of hydrogen-bond donors (Lipinski definition) is 2. The Bertz CT molecular complexity index is 1370. The van der Waals surface area contributed by atoms with E-state index in [-0.39, 0.29) is 27.8 Å². The van der Waals surface area contributed by atoms with Crippen LogP contribution in [0.15, 0.2) is 29.9 Å². The molecule has 0 saturated heterocycles. The zero-order chi connectivity index (χ0) is 28.7. The SMILES string of the molecule is C=CCn1c(SCC(=O)Nc2sc(C(N)=O)c(C)c2C(=O)OCC)nnc1-c1cc(OC)c(OC)c(OC)c1. The number of nitrogens with one attached hydrogen (secondary N) is 1. The average molecular weight is 576 g/mol. The lowest BCUT2D eigenvalue weighted by Gasteiger charge is -2.14. The van der Waals surface area contributed by atoms with Crippen molar-refractivity contribution in [1.29, 1.82) is 0 Å². The van der Waals surface area contributed by atoms with Crippen molar-refractivity contribution in [2.24, 2.45) is 5.73 Å². The predicted octanol–water partition coefficient (Wildman–Crippen LogP) is 3.53. The van der Waals surface area contributed by atoms with Crippen LogP contribution >= 0.6 is 23.1 Å². The standard InChI is InChI=1S/C25H29N5O7S2/c1-7-9-30-22(14-10-15(34-4)19(36-6)16(11-14)35-5)28-29-25(30)38-12-17(31)27-23-18(24(33)37-8-2)13(3)20(39-23)21(26)32/h7,10-11H,1,8-9,12H2,2-6H3,(H2,26,32)(H,27,31). The van der Waals surface area contributed by atoms with Crippen molar-refractivity contribution in [3.8, 4) is 28.6 Å². The molecular formula is C25H29N5O7S2. The highest BCUT2D eigenvalue weighted by molar-refractivity contribution is 7.99. The molecule has 3 aromatic rings. The molecule has 0 aliphatic heterocycles. The first-order chi connectivity index (χ1) is 18.7. The fraction of sp³-hybridized carbons (Fsp3) is 0.320. The highest BCUT2D eigenvalue weighted by atomic mass is 32.2. The number of carbonyl (C=O) groups excluding carboxylic acids is 3. The van der Waals surface area contributed by atoms with Gasteiger partial charge in [-0.3, -0.25) is 14.2 Å². The Morgan fingerprint density at radius 1 is 1.15 bits per heavy atom. The monoisotopic (exact) mass is 575 g/mol. The van der Waals surface area contributed by atoms with E-state index in [0.717, 1.165) is 23.1 Å². The molecule has 0 bridgehead atoms. The lowest BCUT2D eigenvalue weighted by Crippen LogP contribution is -2.17. The Morgan fingerprint density at radius 2 is 1.82 bits per heavy atom. The number of aromatic nitrogens is 3. The van der Waals surface area contributed by atoms with Gasteiger partial charge in [0.1, 0.15) is 5.00 Å². The number of thiophene rings is 1. The number of carbonyl (C=O) groups is 3. The van der Waals surface area contributed by atoms with Crippen molar-refractivity contribution in [2.45, 2.75) is 25.5 Å². The normalized spacial score (nSPS) is 10.6. The van der Waals surface area contributed by atoms with E-state index in [1.54, 1.807) is 36.6 Å². The number of anilines is 1. The van der Waals surface area contributed by atoms with Crippen LogP contribution in [-0.4, -0.2) is 66.2 Å². The third-order valence-electron chi connectivity index (χ3n) is 5.39. The number of thioether (sulfide) groups is 1. The van der Waals surface area contributed by atoms with E-state index in [1.807, 2.05) is 0 Å². The van der Waals surface area contributed by atoms with Gasteiger partial charge in [0.05, 0.1) is 44.1 Å². The van der Waals surface area contributed by atoms with Gasteiger partial charge in [-0.25, -0.2) is 4.79 Å². The van der Waals surface area contributed by atoms with Gasteiger partial charge in [0, 0.05) is 12.1 Å². The number of nitrogens with zero attached hydrogens (tertiary/aromatic N) is 3. The lowest BCUT2D eigenvalue weighted by atomic mass is 10.1. The molecule has 12 nitrogen and oxygen atoms in total. The van der Waals surface area contributed by atoms with E-state index in [4.69, 9.17) is 24.7 Å². The van der Waals surface area contributed by atoms with Crippen LogP contribution in [0.1, 0.15) is 32.5 Å². The Hall–Kier alpha value is -4.04. The zero-order valence-corrected chi connectivity index (χ0v) is 23.8. The number of allylic oxidation sites excluding steroid dienone is 1. The molecule has 2 heterocycles. The minimum Gasteiger partial charge on any atom is -0.493 e. The summed E-state index contributed by atoms with van der Waals surface area (Å²) in [5, 5.41) is 11.9. The number of nitrogens with two attached hydrogens (primary N) is 1. The molecule has 0 saturated carbocycles.